The number of aryl methyl sites for hydroxylation is 2. The van der Waals surface area contributed by atoms with Crippen LogP contribution in [0.2, 0.25) is 0 Å². The SMILES string of the molecule is CCc1cc2c(cc1N1CCC(CCCCN3C[C@H](NC(=O)[C@H](CCCn4ccnc4N)NC(=O)OC(C)(C)C)C(C)(C)C3)CC1)C(C)(C)c1[nH]c3cc(C#N)ccc3c1C2=O. The van der Waals surface area contributed by atoms with E-state index < -0.39 is 23.2 Å². The summed E-state index contributed by atoms with van der Waals surface area (Å²) in [5.41, 5.74) is 12.1. The number of alkyl carbamates (subject to hydrolysis) is 1. The van der Waals surface area contributed by atoms with Crippen molar-refractivity contribution >= 4 is 40.3 Å². The number of ketones is 1. The van der Waals surface area contributed by atoms with Gasteiger partial charge in [-0.1, -0.05) is 53.5 Å². The lowest BCUT2D eigenvalue weighted by molar-refractivity contribution is -0.124. The standard InChI is InChI=1S/C49H67N9O4/c1-9-33-26-35-36(49(7,8)43-41(42(35)59)34-16-15-32(28-50)25-38(34)53-43)27-39(33)57-22-17-31(18-23-57)13-10-11-20-56-29-40(48(5,6)30-56)55-44(60)37(54-46(61)62-47(2,3)4)14-12-21-58-24-19-52-45(58)51/h15-16,19,24-27,31,37,40,53H,9-14,17-18,20-23,29-30H2,1-8H3,(H2,51,52)(H,54,61)(H,55,60)/t37-,40-/m0/s1. The molecule has 2 saturated heterocycles. The number of aromatic amines is 1. The van der Waals surface area contributed by atoms with Crippen LogP contribution in [0, 0.1) is 22.7 Å². The van der Waals surface area contributed by atoms with E-state index in [9.17, 15) is 19.6 Å². The zero-order valence-corrected chi connectivity index (χ0v) is 38.1. The molecule has 2 aromatic carbocycles. The lowest BCUT2D eigenvalue weighted by Gasteiger charge is -2.38. The Hall–Kier alpha value is -5.35. The van der Waals surface area contributed by atoms with E-state index in [0.29, 0.717) is 36.8 Å². The van der Waals surface area contributed by atoms with Gasteiger partial charge in [-0.15, -0.1) is 0 Å². The van der Waals surface area contributed by atoms with Crippen molar-refractivity contribution in [3.63, 3.8) is 0 Å². The van der Waals surface area contributed by atoms with Crippen LogP contribution in [0.4, 0.5) is 16.4 Å². The molecule has 2 amide bonds. The molecule has 2 aliphatic heterocycles. The molecule has 0 bridgehead atoms. The number of imidazole rings is 1. The lowest BCUT2D eigenvalue weighted by Crippen LogP contribution is -2.53. The summed E-state index contributed by atoms with van der Waals surface area (Å²) in [6, 6.07) is 11.4. The van der Waals surface area contributed by atoms with E-state index in [1.165, 1.54) is 24.1 Å². The molecule has 4 heterocycles. The number of likely N-dealkylation sites (tertiary alicyclic amines) is 1. The number of hydrogen-bond acceptors (Lipinski definition) is 9. The van der Waals surface area contributed by atoms with Gasteiger partial charge in [-0.3, -0.25) is 9.59 Å². The Morgan fingerprint density at radius 2 is 1.84 bits per heavy atom. The van der Waals surface area contributed by atoms with Gasteiger partial charge in [0.05, 0.1) is 17.2 Å². The zero-order valence-electron chi connectivity index (χ0n) is 38.1. The predicted molar refractivity (Wildman–Crippen MR) is 244 cm³/mol. The Morgan fingerprint density at radius 3 is 2.52 bits per heavy atom. The first-order valence-electron chi connectivity index (χ1n) is 22.7. The molecule has 0 radical (unpaired) electrons. The average Bonchev–Trinajstić information content (AvgIpc) is 3.91. The number of aromatic nitrogens is 3. The Labute approximate surface area is 367 Å². The number of carbonyl (C=O) groups is 3. The van der Waals surface area contributed by atoms with Crippen molar-refractivity contribution in [2.45, 2.75) is 136 Å². The van der Waals surface area contributed by atoms with E-state index in [4.69, 9.17) is 10.5 Å². The molecule has 2 aromatic heterocycles. The van der Waals surface area contributed by atoms with Crippen LogP contribution in [0.1, 0.15) is 139 Å². The van der Waals surface area contributed by atoms with E-state index in [1.807, 2.05) is 43.7 Å². The first-order valence-corrected chi connectivity index (χ1v) is 22.7. The van der Waals surface area contributed by atoms with Crippen molar-refractivity contribution in [3.8, 4) is 6.07 Å². The van der Waals surface area contributed by atoms with Crippen molar-refractivity contribution in [3.05, 3.63) is 76.2 Å². The largest absolute Gasteiger partial charge is 0.444 e. The normalized spacial score (nSPS) is 19.2. The summed E-state index contributed by atoms with van der Waals surface area (Å²) < 4.78 is 7.34. The van der Waals surface area contributed by atoms with Crippen LogP contribution in [0.15, 0.2) is 42.7 Å². The minimum atomic E-state index is -0.739. The lowest BCUT2D eigenvalue weighted by atomic mass is 9.70. The van der Waals surface area contributed by atoms with Gasteiger partial charge in [0.15, 0.2) is 11.7 Å². The molecule has 0 saturated carbocycles. The number of nitriles is 1. The van der Waals surface area contributed by atoms with Gasteiger partial charge >= 0.3 is 6.09 Å². The van der Waals surface area contributed by atoms with E-state index in [0.717, 1.165) is 91.7 Å². The molecule has 13 heteroatoms. The van der Waals surface area contributed by atoms with E-state index in [-0.39, 0.29) is 23.1 Å². The van der Waals surface area contributed by atoms with Crippen molar-refractivity contribution in [1.29, 1.82) is 5.26 Å². The number of nitrogens with one attached hydrogen (secondary N) is 3. The van der Waals surface area contributed by atoms with E-state index in [2.05, 4.69) is 83.2 Å². The van der Waals surface area contributed by atoms with E-state index in [1.54, 1.807) is 12.3 Å². The van der Waals surface area contributed by atoms with Crippen molar-refractivity contribution in [2.24, 2.45) is 11.3 Å². The Bertz CT molecular complexity index is 2340. The second-order valence-electron chi connectivity index (χ2n) is 20.1. The fraction of sp³-hybridized carbons (Fsp3) is 0.571. The van der Waals surface area contributed by atoms with Crippen LogP contribution in [-0.2, 0) is 27.9 Å². The second kappa shape index (κ2) is 17.8. The maximum Gasteiger partial charge on any atom is 0.408 e. The summed E-state index contributed by atoms with van der Waals surface area (Å²) in [5.74, 6) is 0.967. The van der Waals surface area contributed by atoms with E-state index >= 15 is 0 Å². The minimum absolute atomic E-state index is 0.0472. The topological polar surface area (TPSA) is 174 Å². The number of rotatable bonds is 14. The molecule has 3 aliphatic rings. The fourth-order valence-electron chi connectivity index (χ4n) is 10.0. The van der Waals surface area contributed by atoms with Crippen LogP contribution in [0.3, 0.4) is 0 Å². The molecule has 7 rings (SSSR count). The van der Waals surface area contributed by atoms with Crippen LogP contribution < -0.4 is 21.3 Å². The molecular weight excluding hydrogens is 779 g/mol. The maximum absolute atomic E-state index is 14.1. The first kappa shape index (κ1) is 44.7. The number of hydrogen-bond donors (Lipinski definition) is 4. The van der Waals surface area contributed by atoms with Crippen molar-refractivity contribution in [1.82, 2.24) is 30.1 Å². The molecular formula is C49H67N9O4. The van der Waals surface area contributed by atoms with Crippen molar-refractivity contribution in [2.75, 3.05) is 43.4 Å². The summed E-state index contributed by atoms with van der Waals surface area (Å²) in [7, 11) is 0. The third-order valence-electron chi connectivity index (χ3n) is 13.6. The minimum Gasteiger partial charge on any atom is -0.444 e. The number of fused-ring (bicyclic) bond motifs is 4. The number of piperidine rings is 1. The van der Waals surface area contributed by atoms with Crippen LogP contribution in [0.25, 0.3) is 10.9 Å². The number of amides is 2. The van der Waals surface area contributed by atoms with Gasteiger partial charge in [-0.2, -0.15) is 5.26 Å². The molecule has 2 fully saturated rings. The number of unbranched alkanes of at least 4 members (excludes halogenated alkanes) is 1. The monoisotopic (exact) mass is 846 g/mol. The number of H-pyrrole nitrogens is 1. The van der Waals surface area contributed by atoms with Crippen LogP contribution >= 0.6 is 0 Å². The first-order chi connectivity index (χ1) is 29.4. The molecule has 1 aliphatic carbocycles. The van der Waals surface area contributed by atoms with Crippen LogP contribution in [0.5, 0.6) is 0 Å². The van der Waals surface area contributed by atoms with Crippen LogP contribution in [-0.4, -0.2) is 87.6 Å². The second-order valence-corrected chi connectivity index (χ2v) is 20.1. The van der Waals surface area contributed by atoms with Crippen molar-refractivity contribution < 1.29 is 19.1 Å². The average molecular weight is 846 g/mol. The molecule has 62 heavy (non-hydrogen) atoms. The number of ether oxygens (including phenoxy) is 1. The summed E-state index contributed by atoms with van der Waals surface area (Å²) in [6.07, 6.45) is 10.5. The molecule has 0 unspecified atom stereocenters. The summed E-state index contributed by atoms with van der Waals surface area (Å²) in [6.45, 7) is 21.7. The smallest absolute Gasteiger partial charge is 0.408 e. The summed E-state index contributed by atoms with van der Waals surface area (Å²) >= 11 is 0. The zero-order chi connectivity index (χ0) is 44.6. The maximum atomic E-state index is 14.1. The molecule has 13 nitrogen and oxygen atoms in total. The molecule has 5 N–H and O–H groups in total. The number of nitrogens with two attached hydrogens (primary N) is 1. The number of benzene rings is 2. The van der Waals surface area contributed by atoms with Gasteiger partial charge in [-0.05, 0) is 113 Å². The highest BCUT2D eigenvalue weighted by Crippen LogP contribution is 2.46. The molecule has 4 aromatic rings. The molecule has 0 spiro atoms. The number of carbonyl (C=O) groups excluding carboxylic acids is 3. The highest BCUT2D eigenvalue weighted by atomic mass is 16.6. The van der Waals surface area contributed by atoms with Gasteiger partial charge in [0.1, 0.15) is 11.6 Å². The Morgan fingerprint density at radius 1 is 1.08 bits per heavy atom. The van der Waals surface area contributed by atoms with Gasteiger partial charge in [0.25, 0.3) is 0 Å². The highest BCUT2D eigenvalue weighted by Gasteiger charge is 2.42. The molecule has 332 valence electrons. The predicted octanol–water partition coefficient (Wildman–Crippen LogP) is 7.84. The third-order valence-corrected chi connectivity index (χ3v) is 13.6. The molecule has 2 atom stereocenters. The third kappa shape index (κ3) is 9.50. The highest BCUT2D eigenvalue weighted by molar-refractivity contribution is 6.20. The fourth-order valence-corrected chi connectivity index (χ4v) is 10.0. The number of anilines is 2. The van der Waals surface area contributed by atoms with Gasteiger partial charge in [0, 0.05) is 84.4 Å². The van der Waals surface area contributed by atoms with Gasteiger partial charge < -0.3 is 40.5 Å². The summed E-state index contributed by atoms with van der Waals surface area (Å²) in [4.78, 5) is 53.3. The number of nitrogen functional groups attached to an aromatic ring is 1. The van der Waals surface area contributed by atoms with Gasteiger partial charge in [-0.25, -0.2) is 9.78 Å². The van der Waals surface area contributed by atoms with Gasteiger partial charge in [0.2, 0.25) is 5.91 Å². The quantitative estimate of drug-likeness (QED) is 0.0923. The number of nitrogens with zero attached hydrogens (tertiary/aromatic N) is 5. The Balaban J connectivity index is 0.903. The summed E-state index contributed by atoms with van der Waals surface area (Å²) in [5, 5.41) is 16.5. The Kier molecular flexibility index (Phi) is 12.8.